The molecule has 7 nitrogen and oxygen atoms in total. The summed E-state index contributed by atoms with van der Waals surface area (Å²) in [5.41, 5.74) is 2.59. The number of nitrogens with zero attached hydrogens (tertiary/aromatic N) is 3. The maximum atomic E-state index is 12.5. The van der Waals surface area contributed by atoms with Crippen molar-refractivity contribution >= 4 is 11.7 Å². The Hall–Kier alpha value is -3.48. The highest BCUT2D eigenvalue weighted by Crippen LogP contribution is 2.23. The van der Waals surface area contributed by atoms with Crippen molar-refractivity contribution in [2.75, 3.05) is 0 Å². The number of nitro benzene ring substituents is 1. The van der Waals surface area contributed by atoms with E-state index in [1.54, 1.807) is 30.3 Å². The standard InChI is InChI=1S/C19H17N3O4/c1-3-14-12-18(26-19(23)17-7-5-4-6-13(17)2)21(20-14)15-8-10-16(11-9-15)22(24)25/h4-12H,3H2,1-2H3. The van der Waals surface area contributed by atoms with Crippen LogP contribution in [0.25, 0.3) is 5.69 Å². The van der Waals surface area contributed by atoms with Crippen molar-refractivity contribution in [1.29, 1.82) is 0 Å². The number of benzene rings is 2. The van der Waals surface area contributed by atoms with Crippen LogP contribution in [0.15, 0.2) is 54.6 Å². The Morgan fingerprint density at radius 3 is 2.50 bits per heavy atom. The van der Waals surface area contributed by atoms with E-state index in [4.69, 9.17) is 4.74 Å². The Balaban J connectivity index is 1.95. The first-order valence-corrected chi connectivity index (χ1v) is 8.11. The van der Waals surface area contributed by atoms with Gasteiger partial charge in [-0.3, -0.25) is 10.1 Å². The van der Waals surface area contributed by atoms with Gasteiger partial charge in [0.2, 0.25) is 5.88 Å². The first-order valence-electron chi connectivity index (χ1n) is 8.11. The van der Waals surface area contributed by atoms with Crippen molar-refractivity contribution in [1.82, 2.24) is 9.78 Å². The van der Waals surface area contributed by atoms with Crippen molar-refractivity contribution in [2.24, 2.45) is 0 Å². The third-order valence-corrected chi connectivity index (χ3v) is 3.96. The molecule has 0 saturated carbocycles. The molecular weight excluding hydrogens is 334 g/mol. The fraction of sp³-hybridized carbons (Fsp3) is 0.158. The molecule has 0 atom stereocenters. The third kappa shape index (κ3) is 3.46. The molecule has 0 radical (unpaired) electrons. The van der Waals surface area contributed by atoms with Crippen LogP contribution >= 0.6 is 0 Å². The van der Waals surface area contributed by atoms with E-state index in [-0.39, 0.29) is 11.6 Å². The molecule has 0 unspecified atom stereocenters. The van der Waals surface area contributed by atoms with Crippen LogP contribution in [0, 0.1) is 17.0 Å². The zero-order chi connectivity index (χ0) is 18.7. The maximum absolute atomic E-state index is 12.5. The predicted octanol–water partition coefficient (Wildman–Crippen LogP) is 3.87. The van der Waals surface area contributed by atoms with E-state index in [1.807, 2.05) is 26.0 Å². The van der Waals surface area contributed by atoms with Gasteiger partial charge in [-0.2, -0.15) is 5.10 Å². The summed E-state index contributed by atoms with van der Waals surface area (Å²) in [6.07, 6.45) is 0.662. The number of carbonyl (C=O) groups is 1. The zero-order valence-corrected chi connectivity index (χ0v) is 14.4. The van der Waals surface area contributed by atoms with E-state index >= 15 is 0 Å². The minimum atomic E-state index is -0.478. The molecule has 3 aromatic rings. The Morgan fingerprint density at radius 1 is 1.19 bits per heavy atom. The van der Waals surface area contributed by atoms with Gasteiger partial charge in [-0.15, -0.1) is 0 Å². The Labute approximate surface area is 150 Å². The SMILES string of the molecule is CCc1cc(OC(=O)c2ccccc2C)n(-c2ccc([N+](=O)[O-])cc2)n1. The highest BCUT2D eigenvalue weighted by Gasteiger charge is 2.17. The second-order valence-electron chi connectivity index (χ2n) is 5.72. The van der Waals surface area contributed by atoms with Crippen molar-refractivity contribution < 1.29 is 14.5 Å². The molecule has 0 aliphatic carbocycles. The van der Waals surface area contributed by atoms with Crippen molar-refractivity contribution in [3.8, 4) is 11.6 Å². The van der Waals surface area contributed by atoms with Crippen LogP contribution < -0.4 is 4.74 Å². The topological polar surface area (TPSA) is 87.3 Å². The number of hydrogen-bond donors (Lipinski definition) is 0. The number of ether oxygens (including phenoxy) is 1. The molecule has 0 bridgehead atoms. The van der Waals surface area contributed by atoms with E-state index in [0.29, 0.717) is 17.7 Å². The van der Waals surface area contributed by atoms with Gasteiger partial charge in [0.15, 0.2) is 0 Å². The van der Waals surface area contributed by atoms with Gasteiger partial charge >= 0.3 is 5.97 Å². The summed E-state index contributed by atoms with van der Waals surface area (Å²) in [7, 11) is 0. The highest BCUT2D eigenvalue weighted by atomic mass is 16.6. The lowest BCUT2D eigenvalue weighted by molar-refractivity contribution is -0.384. The number of aromatic nitrogens is 2. The summed E-state index contributed by atoms with van der Waals surface area (Å²) >= 11 is 0. The lowest BCUT2D eigenvalue weighted by Gasteiger charge is -2.09. The lowest BCUT2D eigenvalue weighted by Crippen LogP contribution is -2.13. The Kier molecular flexibility index (Phi) is 4.79. The van der Waals surface area contributed by atoms with Crippen molar-refractivity contribution in [3.05, 3.63) is 81.5 Å². The number of rotatable bonds is 5. The molecule has 0 saturated heterocycles. The van der Waals surface area contributed by atoms with Gasteiger partial charge in [0, 0.05) is 18.2 Å². The smallest absolute Gasteiger partial charge is 0.345 e. The average molecular weight is 351 g/mol. The maximum Gasteiger partial charge on any atom is 0.345 e. The van der Waals surface area contributed by atoms with Gasteiger partial charge in [-0.25, -0.2) is 9.48 Å². The van der Waals surface area contributed by atoms with Gasteiger partial charge < -0.3 is 4.74 Å². The Bertz CT molecular complexity index is 961. The number of hydrogen-bond acceptors (Lipinski definition) is 5. The van der Waals surface area contributed by atoms with Crippen LogP contribution in [-0.2, 0) is 6.42 Å². The summed E-state index contributed by atoms with van der Waals surface area (Å²) in [6, 6.07) is 14.7. The fourth-order valence-electron chi connectivity index (χ4n) is 2.51. The predicted molar refractivity (Wildman–Crippen MR) is 95.7 cm³/mol. The van der Waals surface area contributed by atoms with Crippen LogP contribution in [0.2, 0.25) is 0 Å². The van der Waals surface area contributed by atoms with Crippen LogP contribution in [0.4, 0.5) is 5.69 Å². The summed E-state index contributed by atoms with van der Waals surface area (Å²) in [5.74, 6) is -0.210. The molecular formula is C19H17N3O4. The van der Waals surface area contributed by atoms with Gasteiger partial charge in [-0.1, -0.05) is 25.1 Å². The van der Waals surface area contributed by atoms with Gasteiger partial charge in [0.25, 0.3) is 5.69 Å². The minimum absolute atomic E-state index is 0.0184. The summed E-state index contributed by atoms with van der Waals surface area (Å²) in [5, 5.41) is 15.2. The zero-order valence-electron chi connectivity index (χ0n) is 14.4. The first-order chi connectivity index (χ1) is 12.5. The van der Waals surface area contributed by atoms with Gasteiger partial charge in [0.05, 0.1) is 21.9 Å². The molecule has 1 heterocycles. The normalized spacial score (nSPS) is 10.5. The van der Waals surface area contributed by atoms with Crippen LogP contribution in [0.3, 0.4) is 0 Å². The van der Waals surface area contributed by atoms with E-state index in [0.717, 1.165) is 11.3 Å². The number of aryl methyl sites for hydroxylation is 2. The van der Waals surface area contributed by atoms with E-state index < -0.39 is 10.9 Å². The van der Waals surface area contributed by atoms with Crippen LogP contribution in [0.5, 0.6) is 5.88 Å². The summed E-state index contributed by atoms with van der Waals surface area (Å²) < 4.78 is 7.03. The second-order valence-corrected chi connectivity index (χ2v) is 5.72. The van der Waals surface area contributed by atoms with Gasteiger partial charge in [0.1, 0.15) is 0 Å². The first kappa shape index (κ1) is 17.3. The molecule has 0 aliphatic heterocycles. The second kappa shape index (κ2) is 7.18. The molecule has 0 spiro atoms. The number of carbonyl (C=O) groups excluding carboxylic acids is 1. The van der Waals surface area contributed by atoms with E-state index in [2.05, 4.69) is 5.10 Å². The monoisotopic (exact) mass is 351 g/mol. The molecule has 1 aromatic heterocycles. The molecule has 0 aliphatic rings. The quantitative estimate of drug-likeness (QED) is 0.395. The molecule has 0 N–H and O–H groups in total. The highest BCUT2D eigenvalue weighted by molar-refractivity contribution is 5.92. The largest absolute Gasteiger partial charge is 0.404 e. The van der Waals surface area contributed by atoms with E-state index in [1.165, 1.54) is 16.8 Å². The van der Waals surface area contributed by atoms with Crippen LogP contribution in [-0.4, -0.2) is 20.7 Å². The molecule has 132 valence electrons. The van der Waals surface area contributed by atoms with Crippen molar-refractivity contribution in [2.45, 2.75) is 20.3 Å². The number of non-ortho nitro benzene ring substituents is 1. The Morgan fingerprint density at radius 2 is 1.88 bits per heavy atom. The molecule has 7 heteroatoms. The fourth-order valence-corrected chi connectivity index (χ4v) is 2.51. The lowest BCUT2D eigenvalue weighted by atomic mass is 10.1. The number of esters is 1. The summed E-state index contributed by atoms with van der Waals surface area (Å²) in [4.78, 5) is 22.9. The number of nitro groups is 1. The molecule has 0 fully saturated rings. The molecule has 2 aromatic carbocycles. The molecule has 0 amide bonds. The minimum Gasteiger partial charge on any atom is -0.404 e. The average Bonchev–Trinajstić information content (AvgIpc) is 3.05. The van der Waals surface area contributed by atoms with E-state index in [9.17, 15) is 14.9 Å². The van der Waals surface area contributed by atoms with Gasteiger partial charge in [-0.05, 0) is 37.1 Å². The molecule has 26 heavy (non-hydrogen) atoms. The van der Waals surface area contributed by atoms with Crippen LogP contribution in [0.1, 0.15) is 28.5 Å². The van der Waals surface area contributed by atoms with Crippen molar-refractivity contribution in [3.63, 3.8) is 0 Å². The molecule has 3 rings (SSSR count). The third-order valence-electron chi connectivity index (χ3n) is 3.96. The summed E-state index contributed by atoms with van der Waals surface area (Å²) in [6.45, 7) is 3.77.